The minimum atomic E-state index is 0.257. The van der Waals surface area contributed by atoms with Gasteiger partial charge in [0.15, 0.2) is 16.7 Å². The maximum Gasteiger partial charge on any atom is 0.238 e. The van der Waals surface area contributed by atoms with Crippen molar-refractivity contribution in [1.29, 1.82) is 0 Å². The number of hydrogen-bond donors (Lipinski definition) is 0. The summed E-state index contributed by atoms with van der Waals surface area (Å²) in [5, 5.41) is 0.257. The fraction of sp³-hybridized carbons (Fsp3) is 0.231. The normalized spacial score (nSPS) is 10.1. The molecule has 0 N–H and O–H groups in total. The summed E-state index contributed by atoms with van der Waals surface area (Å²) in [7, 11) is 4.58. The average Bonchev–Trinajstić information content (AvgIpc) is 2.50. The van der Waals surface area contributed by atoms with E-state index < -0.39 is 0 Å². The van der Waals surface area contributed by atoms with Gasteiger partial charge in [-0.05, 0) is 15.9 Å². The van der Waals surface area contributed by atoms with Gasteiger partial charge in [-0.1, -0.05) is 11.6 Å². The molecule has 1 aromatic carbocycles. The maximum atomic E-state index is 5.90. The highest BCUT2D eigenvalue weighted by atomic mass is 79.9. The summed E-state index contributed by atoms with van der Waals surface area (Å²) in [5.74, 6) is 2.17. The number of halogens is 2. The molecule has 0 aliphatic carbocycles. The topological polar surface area (TPSA) is 62.7 Å². The predicted octanol–water partition coefficient (Wildman–Crippen LogP) is 3.71. The van der Waals surface area contributed by atoms with Gasteiger partial charge in [0.05, 0.1) is 21.3 Å². The van der Waals surface area contributed by atoms with Crippen LogP contribution in [-0.4, -0.2) is 31.3 Å². The van der Waals surface area contributed by atoms with Gasteiger partial charge in [0.25, 0.3) is 0 Å². The van der Waals surface area contributed by atoms with Gasteiger partial charge in [0.2, 0.25) is 11.6 Å². The van der Waals surface area contributed by atoms with Crippen LogP contribution in [0, 0.1) is 0 Å². The van der Waals surface area contributed by atoms with E-state index in [1.54, 1.807) is 12.1 Å². The fourth-order valence-corrected chi connectivity index (χ4v) is 2.04. The van der Waals surface area contributed by atoms with E-state index in [2.05, 4.69) is 25.9 Å². The van der Waals surface area contributed by atoms with Crippen molar-refractivity contribution in [3.8, 4) is 28.9 Å². The molecule has 1 heterocycles. The number of nitrogens with zero attached hydrogens (tertiary/aromatic N) is 2. The predicted molar refractivity (Wildman–Crippen MR) is 80.9 cm³/mol. The molecule has 21 heavy (non-hydrogen) atoms. The summed E-state index contributed by atoms with van der Waals surface area (Å²) in [6.07, 6.45) is 1.31. The Balaban J connectivity index is 2.43. The molecule has 0 spiro atoms. The Labute approximate surface area is 135 Å². The first-order valence-corrected chi connectivity index (χ1v) is 6.91. The molecule has 0 saturated carbocycles. The quantitative estimate of drug-likeness (QED) is 0.742. The van der Waals surface area contributed by atoms with E-state index in [-0.39, 0.29) is 11.0 Å². The maximum absolute atomic E-state index is 5.90. The highest BCUT2D eigenvalue weighted by Gasteiger charge is 2.16. The van der Waals surface area contributed by atoms with Gasteiger partial charge in [0.1, 0.15) is 16.5 Å². The largest absolute Gasteiger partial charge is 0.493 e. The third kappa shape index (κ3) is 3.30. The van der Waals surface area contributed by atoms with Crippen molar-refractivity contribution in [1.82, 2.24) is 9.97 Å². The lowest BCUT2D eigenvalue weighted by Crippen LogP contribution is -1.97. The third-order valence-corrected chi connectivity index (χ3v) is 3.80. The van der Waals surface area contributed by atoms with Crippen molar-refractivity contribution in [3.05, 3.63) is 28.1 Å². The summed E-state index contributed by atoms with van der Waals surface area (Å²) in [5.41, 5.74) is 0. The molecule has 0 atom stereocenters. The summed E-state index contributed by atoms with van der Waals surface area (Å²) >= 11 is 9.17. The first-order valence-electron chi connectivity index (χ1n) is 5.74. The van der Waals surface area contributed by atoms with Gasteiger partial charge < -0.3 is 18.9 Å². The van der Waals surface area contributed by atoms with Crippen LogP contribution >= 0.6 is 27.5 Å². The molecule has 0 bridgehead atoms. The molecule has 0 radical (unpaired) electrons. The van der Waals surface area contributed by atoms with Crippen LogP contribution in [-0.2, 0) is 0 Å². The molecule has 1 aromatic heterocycles. The number of rotatable bonds is 5. The Morgan fingerprint density at radius 2 is 1.62 bits per heavy atom. The van der Waals surface area contributed by atoms with Gasteiger partial charge in [-0.15, -0.1) is 0 Å². The zero-order chi connectivity index (χ0) is 15.4. The molecule has 0 aliphatic rings. The molecular formula is C13H12BrClN2O4. The lowest BCUT2D eigenvalue weighted by molar-refractivity contribution is 0.320. The summed E-state index contributed by atoms with van der Waals surface area (Å²) in [6, 6.07) is 3.31. The van der Waals surface area contributed by atoms with Crippen molar-refractivity contribution >= 4 is 27.5 Å². The van der Waals surface area contributed by atoms with Crippen LogP contribution < -0.4 is 18.9 Å². The van der Waals surface area contributed by atoms with E-state index in [4.69, 9.17) is 30.5 Å². The number of ether oxygens (including phenoxy) is 4. The van der Waals surface area contributed by atoms with E-state index in [0.29, 0.717) is 27.5 Å². The lowest BCUT2D eigenvalue weighted by atomic mass is 10.2. The number of hydrogen-bond acceptors (Lipinski definition) is 6. The third-order valence-electron chi connectivity index (χ3n) is 2.57. The van der Waals surface area contributed by atoms with Crippen LogP contribution in [0.15, 0.2) is 22.9 Å². The number of benzene rings is 1. The van der Waals surface area contributed by atoms with Crippen LogP contribution in [0.1, 0.15) is 0 Å². The Morgan fingerprint density at radius 3 is 2.14 bits per heavy atom. The van der Waals surface area contributed by atoms with Crippen molar-refractivity contribution in [3.63, 3.8) is 0 Å². The second-order valence-electron chi connectivity index (χ2n) is 3.75. The molecular weight excluding hydrogens is 364 g/mol. The van der Waals surface area contributed by atoms with E-state index in [1.165, 1.54) is 27.7 Å². The number of methoxy groups -OCH3 is 3. The zero-order valence-corrected chi connectivity index (χ0v) is 13.9. The molecule has 0 aliphatic heterocycles. The minimum absolute atomic E-state index is 0.257. The highest BCUT2D eigenvalue weighted by Crippen LogP contribution is 2.42. The van der Waals surface area contributed by atoms with Gasteiger partial charge in [0, 0.05) is 12.1 Å². The van der Waals surface area contributed by atoms with Gasteiger partial charge >= 0.3 is 0 Å². The van der Waals surface area contributed by atoms with Crippen molar-refractivity contribution in [2.24, 2.45) is 0 Å². The van der Waals surface area contributed by atoms with Gasteiger partial charge in [-0.2, -0.15) is 0 Å². The van der Waals surface area contributed by atoms with E-state index in [0.717, 1.165) is 0 Å². The molecule has 0 saturated heterocycles. The summed E-state index contributed by atoms with van der Waals surface area (Å²) in [4.78, 5) is 7.84. The molecule has 112 valence electrons. The van der Waals surface area contributed by atoms with Crippen LogP contribution in [0.4, 0.5) is 0 Å². The average molecular weight is 376 g/mol. The van der Waals surface area contributed by atoms with Crippen LogP contribution in [0.5, 0.6) is 28.9 Å². The Hall–Kier alpha value is -1.73. The molecule has 0 fully saturated rings. The Kier molecular flexibility index (Phi) is 5.08. The minimum Gasteiger partial charge on any atom is -0.493 e. The molecule has 8 heteroatoms. The zero-order valence-electron chi connectivity index (χ0n) is 11.5. The molecule has 0 unspecified atom stereocenters. The monoisotopic (exact) mass is 374 g/mol. The smallest absolute Gasteiger partial charge is 0.238 e. The van der Waals surface area contributed by atoms with Crippen molar-refractivity contribution < 1.29 is 18.9 Å². The molecule has 0 amide bonds. The highest BCUT2D eigenvalue weighted by molar-refractivity contribution is 9.10. The van der Waals surface area contributed by atoms with E-state index in [9.17, 15) is 0 Å². The lowest BCUT2D eigenvalue weighted by Gasteiger charge is -2.14. The molecule has 2 rings (SSSR count). The first kappa shape index (κ1) is 15.7. The first-order chi connectivity index (χ1) is 10.1. The standard InChI is InChI=1S/C13H12BrClN2O4/c1-18-8-4-7(5-9(19-2)11(8)20-3)21-13-10(14)12(15)16-6-17-13/h4-6H,1-3H3. The summed E-state index contributed by atoms with van der Waals surface area (Å²) in [6.45, 7) is 0. The fourth-order valence-electron chi connectivity index (χ4n) is 1.63. The van der Waals surface area contributed by atoms with Gasteiger partial charge in [-0.3, -0.25) is 0 Å². The Bertz CT molecular complexity index is 629. The van der Waals surface area contributed by atoms with E-state index in [1.807, 2.05) is 0 Å². The molecule has 2 aromatic rings. The van der Waals surface area contributed by atoms with Crippen molar-refractivity contribution in [2.75, 3.05) is 21.3 Å². The van der Waals surface area contributed by atoms with E-state index >= 15 is 0 Å². The second-order valence-corrected chi connectivity index (χ2v) is 4.90. The van der Waals surface area contributed by atoms with Gasteiger partial charge in [-0.25, -0.2) is 9.97 Å². The van der Waals surface area contributed by atoms with Crippen LogP contribution in [0.2, 0.25) is 5.15 Å². The van der Waals surface area contributed by atoms with Crippen LogP contribution in [0.3, 0.4) is 0 Å². The second kappa shape index (κ2) is 6.82. The Morgan fingerprint density at radius 1 is 1.00 bits per heavy atom. The molecule has 6 nitrogen and oxygen atoms in total. The van der Waals surface area contributed by atoms with Crippen molar-refractivity contribution in [2.45, 2.75) is 0 Å². The summed E-state index contributed by atoms with van der Waals surface area (Å²) < 4.78 is 21.9. The van der Waals surface area contributed by atoms with Crippen LogP contribution in [0.25, 0.3) is 0 Å². The SMILES string of the molecule is COc1cc(Oc2ncnc(Cl)c2Br)cc(OC)c1OC. The number of aromatic nitrogens is 2.